The summed E-state index contributed by atoms with van der Waals surface area (Å²) in [5.74, 6) is -0.0957. The smallest absolute Gasteiger partial charge is 0.141 e. The predicted octanol–water partition coefficient (Wildman–Crippen LogP) is 6.30. The second-order valence-electron chi connectivity index (χ2n) is 9.00. The van der Waals surface area contributed by atoms with Crippen LogP contribution in [-0.2, 0) is 9.59 Å². The lowest BCUT2D eigenvalue weighted by Crippen LogP contribution is -2.38. The van der Waals surface area contributed by atoms with Gasteiger partial charge >= 0.3 is 0 Å². The van der Waals surface area contributed by atoms with E-state index in [1.165, 1.54) is 5.56 Å². The van der Waals surface area contributed by atoms with Gasteiger partial charge < -0.3 is 9.53 Å². The van der Waals surface area contributed by atoms with E-state index in [1.54, 1.807) is 7.11 Å². The maximum atomic E-state index is 13.5. The predicted molar refractivity (Wildman–Crippen MR) is 133 cm³/mol. The minimum atomic E-state index is -0.363. The Bertz CT molecular complexity index is 1120. The molecule has 1 aliphatic rings. The summed E-state index contributed by atoms with van der Waals surface area (Å²) in [6.45, 7) is 4.10. The standard InChI is InChI=1S/C30H30O3/c1-20-4-8-22(9-5-20)10-13-25-18-28(32)30(24-14-16-26(33-3)17-15-24)29(27(25)19-31)23-11-6-21(2)7-12-23/h4-17,19,25,27,29-30H,18H2,1-3H3/b13-10+/t25-,27+,29-,30-/m1/s1. The fourth-order valence-corrected chi connectivity index (χ4v) is 4.89. The number of hydrogen-bond acceptors (Lipinski definition) is 3. The fraction of sp³-hybridized carbons (Fsp3) is 0.267. The molecule has 0 bridgehead atoms. The molecule has 168 valence electrons. The van der Waals surface area contributed by atoms with Crippen molar-refractivity contribution in [3.8, 4) is 5.75 Å². The van der Waals surface area contributed by atoms with Crippen LogP contribution in [0.4, 0.5) is 0 Å². The average molecular weight is 439 g/mol. The van der Waals surface area contributed by atoms with Crippen molar-refractivity contribution in [2.24, 2.45) is 11.8 Å². The van der Waals surface area contributed by atoms with Crippen molar-refractivity contribution in [2.45, 2.75) is 32.1 Å². The van der Waals surface area contributed by atoms with Gasteiger partial charge in [-0.05, 0) is 48.6 Å². The quantitative estimate of drug-likeness (QED) is 0.424. The van der Waals surface area contributed by atoms with Gasteiger partial charge in [-0.15, -0.1) is 0 Å². The SMILES string of the molecule is COc1ccc([C@@H]2C(=O)C[C@@H](/C=C/c3ccc(C)cc3)[C@H](C=O)[C@H]2c2ccc(C)cc2)cc1. The Morgan fingerprint density at radius 1 is 0.818 bits per heavy atom. The molecule has 1 saturated carbocycles. The van der Waals surface area contributed by atoms with Crippen molar-refractivity contribution in [3.63, 3.8) is 0 Å². The van der Waals surface area contributed by atoms with Gasteiger partial charge in [0.05, 0.1) is 13.0 Å². The molecule has 0 N–H and O–H groups in total. The number of rotatable bonds is 6. The summed E-state index contributed by atoms with van der Waals surface area (Å²) in [7, 11) is 1.63. The van der Waals surface area contributed by atoms with E-state index in [1.807, 2.05) is 43.3 Å². The molecule has 3 nitrogen and oxygen atoms in total. The molecular formula is C30H30O3. The van der Waals surface area contributed by atoms with Crippen LogP contribution in [0.5, 0.6) is 5.75 Å². The summed E-state index contributed by atoms with van der Waals surface area (Å²) in [5, 5.41) is 0. The lowest BCUT2D eigenvalue weighted by Gasteiger charge is -2.39. The Morgan fingerprint density at radius 2 is 1.39 bits per heavy atom. The first-order valence-corrected chi connectivity index (χ1v) is 11.4. The molecule has 1 aliphatic carbocycles. The van der Waals surface area contributed by atoms with Crippen LogP contribution >= 0.6 is 0 Å². The van der Waals surface area contributed by atoms with Crippen LogP contribution < -0.4 is 4.74 Å². The van der Waals surface area contributed by atoms with E-state index in [9.17, 15) is 9.59 Å². The number of aldehydes is 1. The number of ether oxygens (including phenoxy) is 1. The van der Waals surface area contributed by atoms with E-state index in [2.05, 4.69) is 55.5 Å². The number of carbonyl (C=O) groups is 2. The first-order valence-electron chi connectivity index (χ1n) is 11.4. The number of ketones is 1. The summed E-state index contributed by atoms with van der Waals surface area (Å²) in [6.07, 6.45) is 5.49. The third-order valence-electron chi connectivity index (χ3n) is 6.76. The largest absolute Gasteiger partial charge is 0.497 e. The molecule has 0 amide bonds. The molecule has 3 aromatic rings. The van der Waals surface area contributed by atoms with Crippen LogP contribution in [0.25, 0.3) is 6.08 Å². The highest BCUT2D eigenvalue weighted by atomic mass is 16.5. The van der Waals surface area contributed by atoms with Gasteiger partial charge in [-0.2, -0.15) is 0 Å². The van der Waals surface area contributed by atoms with E-state index in [0.29, 0.717) is 6.42 Å². The Labute approximate surface area is 196 Å². The fourth-order valence-electron chi connectivity index (χ4n) is 4.89. The van der Waals surface area contributed by atoms with Crippen molar-refractivity contribution >= 4 is 18.1 Å². The van der Waals surface area contributed by atoms with Gasteiger partial charge in [-0.25, -0.2) is 0 Å². The average Bonchev–Trinajstić information content (AvgIpc) is 2.84. The molecule has 4 rings (SSSR count). The third kappa shape index (κ3) is 4.98. The van der Waals surface area contributed by atoms with E-state index in [4.69, 9.17) is 4.74 Å². The van der Waals surface area contributed by atoms with Gasteiger partial charge in [-0.3, -0.25) is 4.79 Å². The molecule has 3 heteroatoms. The molecule has 1 fully saturated rings. The number of Topliss-reactive ketones (excluding diaryl/α,β-unsaturated/α-hetero) is 1. The molecule has 0 spiro atoms. The van der Waals surface area contributed by atoms with E-state index >= 15 is 0 Å². The summed E-state index contributed by atoms with van der Waals surface area (Å²) in [6, 6.07) is 24.2. The molecule has 0 aliphatic heterocycles. The maximum Gasteiger partial charge on any atom is 0.141 e. The highest BCUT2D eigenvalue weighted by Gasteiger charge is 2.44. The minimum Gasteiger partial charge on any atom is -0.497 e. The minimum absolute atomic E-state index is 0.142. The Balaban J connectivity index is 1.73. The van der Waals surface area contributed by atoms with Crippen LogP contribution in [0.1, 0.15) is 46.1 Å². The Kier molecular flexibility index (Phi) is 6.88. The zero-order valence-corrected chi connectivity index (χ0v) is 19.4. The maximum absolute atomic E-state index is 13.5. The number of benzene rings is 3. The zero-order valence-electron chi connectivity index (χ0n) is 19.4. The van der Waals surface area contributed by atoms with Crippen molar-refractivity contribution in [3.05, 3.63) is 107 Å². The molecule has 33 heavy (non-hydrogen) atoms. The number of allylic oxidation sites excluding steroid dienone is 1. The first kappa shape index (κ1) is 22.7. The number of carbonyl (C=O) groups excluding carboxylic acids is 2. The van der Waals surface area contributed by atoms with Crippen molar-refractivity contribution < 1.29 is 14.3 Å². The number of methoxy groups -OCH3 is 1. The highest BCUT2D eigenvalue weighted by molar-refractivity contribution is 5.90. The van der Waals surface area contributed by atoms with E-state index in [0.717, 1.165) is 34.3 Å². The van der Waals surface area contributed by atoms with Crippen molar-refractivity contribution in [1.82, 2.24) is 0 Å². The van der Waals surface area contributed by atoms with Gasteiger partial charge in [0.2, 0.25) is 0 Å². The molecule has 3 aromatic carbocycles. The Morgan fingerprint density at radius 3 is 1.97 bits per heavy atom. The molecule has 4 atom stereocenters. The summed E-state index contributed by atoms with van der Waals surface area (Å²) < 4.78 is 5.30. The first-order chi connectivity index (χ1) is 16.0. The van der Waals surface area contributed by atoms with Crippen molar-refractivity contribution in [1.29, 1.82) is 0 Å². The monoisotopic (exact) mass is 438 g/mol. The highest BCUT2D eigenvalue weighted by Crippen LogP contribution is 2.48. The summed E-state index contributed by atoms with van der Waals surface area (Å²) in [5.41, 5.74) is 5.38. The van der Waals surface area contributed by atoms with Gasteiger partial charge in [0.1, 0.15) is 17.8 Å². The second-order valence-corrected chi connectivity index (χ2v) is 9.00. The molecular weight excluding hydrogens is 408 g/mol. The van der Waals surface area contributed by atoms with Gasteiger partial charge in [0, 0.05) is 18.3 Å². The van der Waals surface area contributed by atoms with Crippen LogP contribution in [0.15, 0.2) is 78.9 Å². The molecule has 0 radical (unpaired) electrons. The third-order valence-corrected chi connectivity index (χ3v) is 6.76. The van der Waals surface area contributed by atoms with Gasteiger partial charge in [0.25, 0.3) is 0 Å². The number of aryl methyl sites for hydroxylation is 2. The van der Waals surface area contributed by atoms with E-state index in [-0.39, 0.29) is 29.5 Å². The summed E-state index contributed by atoms with van der Waals surface area (Å²) in [4.78, 5) is 26.0. The van der Waals surface area contributed by atoms with Crippen LogP contribution in [0.3, 0.4) is 0 Å². The lowest BCUT2D eigenvalue weighted by atomic mass is 9.62. The van der Waals surface area contributed by atoms with Crippen LogP contribution in [0.2, 0.25) is 0 Å². The second kappa shape index (κ2) is 9.99. The topological polar surface area (TPSA) is 43.4 Å². The normalized spacial score (nSPS) is 22.9. The van der Waals surface area contributed by atoms with Crippen LogP contribution in [0, 0.1) is 25.7 Å². The van der Waals surface area contributed by atoms with E-state index < -0.39 is 0 Å². The molecule has 0 saturated heterocycles. The molecule has 0 unspecified atom stereocenters. The van der Waals surface area contributed by atoms with Crippen LogP contribution in [-0.4, -0.2) is 19.2 Å². The zero-order chi connectivity index (χ0) is 23.4. The number of hydrogen-bond donors (Lipinski definition) is 0. The van der Waals surface area contributed by atoms with Crippen molar-refractivity contribution in [2.75, 3.05) is 7.11 Å². The van der Waals surface area contributed by atoms with Gasteiger partial charge in [0.15, 0.2) is 0 Å². The Hall–Kier alpha value is -3.46. The summed E-state index contributed by atoms with van der Waals surface area (Å²) >= 11 is 0. The molecule has 0 aromatic heterocycles. The van der Waals surface area contributed by atoms with Gasteiger partial charge in [-0.1, -0.05) is 83.9 Å². The molecule has 0 heterocycles. The lowest BCUT2D eigenvalue weighted by molar-refractivity contribution is -0.126.